The first-order valence-electron chi connectivity index (χ1n) is 6.18. The summed E-state index contributed by atoms with van der Waals surface area (Å²) in [6.07, 6.45) is 7.78. The average molecular weight is 234 g/mol. The highest BCUT2D eigenvalue weighted by Crippen LogP contribution is 2.12. The van der Waals surface area contributed by atoms with Crippen molar-refractivity contribution in [1.82, 2.24) is 0 Å². The lowest BCUT2D eigenvalue weighted by Crippen LogP contribution is -1.95. The minimum atomic E-state index is 0.688. The van der Waals surface area contributed by atoms with E-state index >= 15 is 0 Å². The summed E-state index contributed by atoms with van der Waals surface area (Å²) >= 11 is 0. The van der Waals surface area contributed by atoms with Gasteiger partial charge >= 0.3 is 0 Å². The lowest BCUT2D eigenvalue weighted by molar-refractivity contribution is 0.117. The molecule has 0 aliphatic heterocycles. The molecule has 0 bridgehead atoms. The Morgan fingerprint density at radius 2 is 1.88 bits per heavy atom. The van der Waals surface area contributed by atoms with Gasteiger partial charge in [0.25, 0.3) is 0 Å². The van der Waals surface area contributed by atoms with E-state index in [1.807, 2.05) is 24.3 Å². The molecule has 0 radical (unpaired) electrons. The molecule has 17 heavy (non-hydrogen) atoms. The monoisotopic (exact) mass is 234 g/mol. The fraction of sp³-hybridized carbons (Fsp3) is 0.467. The van der Waals surface area contributed by atoms with Gasteiger partial charge in [-0.2, -0.15) is 0 Å². The molecule has 0 atom stereocenters. The number of rotatable bonds is 8. The van der Waals surface area contributed by atoms with Crippen LogP contribution in [0.4, 0.5) is 0 Å². The van der Waals surface area contributed by atoms with Gasteiger partial charge in [-0.05, 0) is 43.9 Å². The van der Waals surface area contributed by atoms with E-state index in [2.05, 4.69) is 19.1 Å². The summed E-state index contributed by atoms with van der Waals surface area (Å²) in [5.74, 6) is 0.889. The van der Waals surface area contributed by atoms with Gasteiger partial charge in [0.05, 0.1) is 13.7 Å². The predicted molar refractivity (Wildman–Crippen MR) is 71.3 cm³/mol. The molecule has 2 heteroatoms. The quantitative estimate of drug-likeness (QED) is 0.500. The summed E-state index contributed by atoms with van der Waals surface area (Å²) in [5, 5.41) is 0. The molecule has 0 spiro atoms. The van der Waals surface area contributed by atoms with Gasteiger partial charge < -0.3 is 9.47 Å². The molecular formula is C15H22O2. The van der Waals surface area contributed by atoms with Crippen LogP contribution in [0.15, 0.2) is 36.4 Å². The van der Waals surface area contributed by atoms with Crippen LogP contribution in [-0.4, -0.2) is 13.7 Å². The summed E-state index contributed by atoms with van der Waals surface area (Å²) in [7, 11) is 1.68. The topological polar surface area (TPSA) is 18.5 Å². The van der Waals surface area contributed by atoms with Gasteiger partial charge in [0, 0.05) is 6.61 Å². The SMILES string of the molecule is C/C=C\CCCCOCc1ccc(OC)cc1. The van der Waals surface area contributed by atoms with Crippen LogP contribution in [0.1, 0.15) is 31.7 Å². The number of unbranched alkanes of at least 4 members (excludes halogenated alkanes) is 2. The lowest BCUT2D eigenvalue weighted by atomic mass is 10.2. The zero-order valence-electron chi connectivity index (χ0n) is 10.8. The summed E-state index contributed by atoms with van der Waals surface area (Å²) in [5.41, 5.74) is 1.19. The Bertz CT molecular complexity index is 314. The van der Waals surface area contributed by atoms with Crippen molar-refractivity contribution in [3.63, 3.8) is 0 Å². The molecule has 1 aromatic carbocycles. The van der Waals surface area contributed by atoms with Crippen molar-refractivity contribution in [3.05, 3.63) is 42.0 Å². The number of allylic oxidation sites excluding steroid dienone is 2. The third-order valence-corrected chi connectivity index (χ3v) is 2.57. The fourth-order valence-electron chi connectivity index (χ4n) is 1.54. The second-order valence-corrected chi connectivity index (χ2v) is 3.97. The number of hydrogen-bond donors (Lipinski definition) is 0. The lowest BCUT2D eigenvalue weighted by Gasteiger charge is -2.05. The third-order valence-electron chi connectivity index (χ3n) is 2.57. The van der Waals surface area contributed by atoms with Gasteiger partial charge in [0.15, 0.2) is 0 Å². The van der Waals surface area contributed by atoms with Crippen LogP contribution in [0, 0.1) is 0 Å². The van der Waals surface area contributed by atoms with Crippen molar-refractivity contribution in [2.45, 2.75) is 32.8 Å². The molecule has 0 unspecified atom stereocenters. The molecule has 0 aromatic heterocycles. The Balaban J connectivity index is 2.09. The molecular weight excluding hydrogens is 212 g/mol. The van der Waals surface area contributed by atoms with Gasteiger partial charge in [-0.15, -0.1) is 0 Å². The first kappa shape index (κ1) is 13.8. The van der Waals surface area contributed by atoms with Crippen LogP contribution in [-0.2, 0) is 11.3 Å². The molecule has 1 aromatic rings. The standard InChI is InChI=1S/C15H22O2/c1-3-4-5-6-7-12-17-13-14-8-10-15(16-2)11-9-14/h3-4,8-11H,5-7,12-13H2,1-2H3/b4-3-. The van der Waals surface area contributed by atoms with E-state index in [0.29, 0.717) is 6.61 Å². The van der Waals surface area contributed by atoms with E-state index in [0.717, 1.165) is 25.2 Å². The van der Waals surface area contributed by atoms with Crippen LogP contribution >= 0.6 is 0 Å². The summed E-state index contributed by atoms with van der Waals surface area (Å²) in [6, 6.07) is 8.01. The highest BCUT2D eigenvalue weighted by Gasteiger charge is 1.94. The molecule has 0 aliphatic carbocycles. The number of methoxy groups -OCH3 is 1. The number of hydrogen-bond acceptors (Lipinski definition) is 2. The van der Waals surface area contributed by atoms with E-state index in [1.54, 1.807) is 7.11 Å². The van der Waals surface area contributed by atoms with E-state index in [9.17, 15) is 0 Å². The van der Waals surface area contributed by atoms with Gasteiger partial charge in [-0.3, -0.25) is 0 Å². The maximum atomic E-state index is 5.61. The molecule has 1 rings (SSSR count). The minimum Gasteiger partial charge on any atom is -0.497 e. The van der Waals surface area contributed by atoms with Crippen LogP contribution in [0.2, 0.25) is 0 Å². The zero-order valence-corrected chi connectivity index (χ0v) is 10.8. The first-order valence-corrected chi connectivity index (χ1v) is 6.18. The third kappa shape index (κ3) is 6.12. The first-order chi connectivity index (χ1) is 8.36. The second kappa shape index (κ2) is 8.82. The Morgan fingerprint density at radius 3 is 2.53 bits per heavy atom. The van der Waals surface area contributed by atoms with Crippen molar-refractivity contribution < 1.29 is 9.47 Å². The largest absolute Gasteiger partial charge is 0.497 e. The van der Waals surface area contributed by atoms with E-state index in [1.165, 1.54) is 12.0 Å². The molecule has 0 saturated carbocycles. The summed E-state index contributed by atoms with van der Waals surface area (Å²) in [6.45, 7) is 3.58. The van der Waals surface area contributed by atoms with Crippen LogP contribution in [0.5, 0.6) is 5.75 Å². The molecule has 2 nitrogen and oxygen atoms in total. The van der Waals surface area contributed by atoms with Crippen LogP contribution < -0.4 is 4.74 Å². The summed E-state index contributed by atoms with van der Waals surface area (Å²) < 4.78 is 10.7. The molecule has 0 aliphatic rings. The van der Waals surface area contributed by atoms with E-state index < -0.39 is 0 Å². The normalized spacial score (nSPS) is 10.9. The smallest absolute Gasteiger partial charge is 0.118 e. The minimum absolute atomic E-state index is 0.688. The number of benzene rings is 1. The van der Waals surface area contributed by atoms with E-state index in [-0.39, 0.29) is 0 Å². The van der Waals surface area contributed by atoms with Crippen molar-refractivity contribution in [1.29, 1.82) is 0 Å². The number of ether oxygens (including phenoxy) is 2. The molecule has 0 N–H and O–H groups in total. The van der Waals surface area contributed by atoms with Crippen molar-refractivity contribution in [3.8, 4) is 5.75 Å². The zero-order chi connectivity index (χ0) is 12.3. The predicted octanol–water partition coefficient (Wildman–Crippen LogP) is 3.96. The highest BCUT2D eigenvalue weighted by molar-refractivity contribution is 5.26. The Hall–Kier alpha value is -1.28. The molecule has 0 fully saturated rings. The summed E-state index contributed by atoms with van der Waals surface area (Å²) in [4.78, 5) is 0. The Kier molecular flexibility index (Phi) is 7.15. The Morgan fingerprint density at radius 1 is 1.12 bits per heavy atom. The maximum Gasteiger partial charge on any atom is 0.118 e. The second-order valence-electron chi connectivity index (χ2n) is 3.97. The molecule has 0 amide bonds. The van der Waals surface area contributed by atoms with Crippen molar-refractivity contribution in [2.24, 2.45) is 0 Å². The molecule has 0 saturated heterocycles. The van der Waals surface area contributed by atoms with Crippen molar-refractivity contribution in [2.75, 3.05) is 13.7 Å². The molecule has 0 heterocycles. The van der Waals surface area contributed by atoms with Gasteiger partial charge in [-0.25, -0.2) is 0 Å². The van der Waals surface area contributed by atoms with E-state index in [4.69, 9.17) is 9.47 Å². The average Bonchev–Trinajstić information content (AvgIpc) is 2.38. The van der Waals surface area contributed by atoms with Gasteiger partial charge in [-0.1, -0.05) is 24.3 Å². The van der Waals surface area contributed by atoms with Crippen molar-refractivity contribution >= 4 is 0 Å². The van der Waals surface area contributed by atoms with Crippen LogP contribution in [0.3, 0.4) is 0 Å². The highest BCUT2D eigenvalue weighted by atomic mass is 16.5. The van der Waals surface area contributed by atoms with Gasteiger partial charge in [0.2, 0.25) is 0 Å². The van der Waals surface area contributed by atoms with Gasteiger partial charge in [0.1, 0.15) is 5.75 Å². The Labute approximate surface area is 104 Å². The fourth-order valence-corrected chi connectivity index (χ4v) is 1.54. The maximum absolute atomic E-state index is 5.61. The van der Waals surface area contributed by atoms with Crippen LogP contribution in [0.25, 0.3) is 0 Å². The molecule has 94 valence electrons.